The van der Waals surface area contributed by atoms with Crippen molar-refractivity contribution >= 4 is 5.91 Å². The smallest absolute Gasteiger partial charge is 0.255 e. The van der Waals surface area contributed by atoms with Crippen molar-refractivity contribution in [2.24, 2.45) is 0 Å². The molecule has 1 aromatic heterocycles. The summed E-state index contributed by atoms with van der Waals surface area (Å²) in [6.45, 7) is 1.85. The summed E-state index contributed by atoms with van der Waals surface area (Å²) in [5.74, 6) is -3.45. The summed E-state index contributed by atoms with van der Waals surface area (Å²) in [6, 6.07) is 2.23. The van der Waals surface area contributed by atoms with E-state index in [0.29, 0.717) is 12.8 Å². The molecule has 0 aliphatic carbocycles. The van der Waals surface area contributed by atoms with Gasteiger partial charge in [-0.3, -0.25) is 4.79 Å². The number of rotatable bonds is 4. The predicted octanol–water partition coefficient (Wildman–Crippen LogP) is 1.78. The number of halogens is 2. The number of hydrogen-bond donors (Lipinski definition) is 1. The third-order valence-corrected chi connectivity index (χ3v) is 2.13. The lowest BCUT2D eigenvalue weighted by molar-refractivity contribution is 0.0938. The number of amides is 1. The molecule has 0 saturated heterocycles. The van der Waals surface area contributed by atoms with Crippen molar-refractivity contribution in [1.29, 1.82) is 5.26 Å². The highest BCUT2D eigenvalue weighted by molar-refractivity contribution is 5.94. The van der Waals surface area contributed by atoms with E-state index in [1.54, 1.807) is 0 Å². The summed E-state index contributed by atoms with van der Waals surface area (Å²) < 4.78 is 26.0. The van der Waals surface area contributed by atoms with Gasteiger partial charge in [-0.1, -0.05) is 13.3 Å². The van der Waals surface area contributed by atoms with Gasteiger partial charge in [0.25, 0.3) is 5.91 Å². The number of nitrogens with zero attached hydrogens (tertiary/aromatic N) is 2. The molecule has 0 aliphatic rings. The minimum Gasteiger partial charge on any atom is -0.336 e. The number of carbonyl (C=O) groups excluding carboxylic acids is 1. The molecule has 90 valence electrons. The third kappa shape index (κ3) is 3.21. The lowest BCUT2D eigenvalue weighted by Gasteiger charge is -2.10. The summed E-state index contributed by atoms with van der Waals surface area (Å²) >= 11 is 0. The van der Waals surface area contributed by atoms with E-state index < -0.39 is 29.3 Å². The van der Waals surface area contributed by atoms with Gasteiger partial charge < -0.3 is 5.32 Å². The van der Waals surface area contributed by atoms with Gasteiger partial charge in [-0.15, -0.1) is 0 Å². The molecule has 0 radical (unpaired) electrons. The van der Waals surface area contributed by atoms with Crippen LogP contribution in [0.15, 0.2) is 12.3 Å². The van der Waals surface area contributed by atoms with Crippen molar-refractivity contribution in [2.75, 3.05) is 0 Å². The summed E-state index contributed by atoms with van der Waals surface area (Å²) in [5, 5.41) is 11.0. The zero-order chi connectivity index (χ0) is 12.8. The van der Waals surface area contributed by atoms with Crippen LogP contribution in [0.2, 0.25) is 0 Å². The van der Waals surface area contributed by atoms with Gasteiger partial charge >= 0.3 is 0 Å². The topological polar surface area (TPSA) is 65.8 Å². The van der Waals surface area contributed by atoms with Crippen LogP contribution in [0, 0.1) is 23.1 Å². The van der Waals surface area contributed by atoms with E-state index in [1.165, 1.54) is 0 Å². The first-order valence-electron chi connectivity index (χ1n) is 5.10. The summed E-state index contributed by atoms with van der Waals surface area (Å²) in [7, 11) is 0. The Balaban J connectivity index is 2.83. The maximum absolute atomic E-state index is 13.2. The van der Waals surface area contributed by atoms with Crippen LogP contribution < -0.4 is 5.32 Å². The summed E-state index contributed by atoms with van der Waals surface area (Å²) in [5.41, 5.74) is -0.450. The molecular weight excluding hydrogens is 228 g/mol. The lowest BCUT2D eigenvalue weighted by atomic mass is 10.1. The Morgan fingerprint density at radius 3 is 2.94 bits per heavy atom. The van der Waals surface area contributed by atoms with E-state index in [0.717, 1.165) is 12.3 Å². The van der Waals surface area contributed by atoms with Gasteiger partial charge in [-0.25, -0.2) is 9.37 Å². The van der Waals surface area contributed by atoms with Crippen LogP contribution in [0.5, 0.6) is 0 Å². The first-order chi connectivity index (χ1) is 8.10. The molecule has 0 spiro atoms. The van der Waals surface area contributed by atoms with Crippen LogP contribution in [-0.2, 0) is 0 Å². The molecule has 1 aromatic rings. The Bertz CT molecular complexity index is 457. The maximum atomic E-state index is 13.2. The Kier molecular flexibility index (Phi) is 4.52. The normalized spacial score (nSPS) is 11.6. The SMILES string of the molecule is CCCC(C#N)NC(=O)c1ccnc(F)c1F. The number of aromatic nitrogens is 1. The fourth-order valence-electron chi connectivity index (χ4n) is 1.29. The molecule has 0 fully saturated rings. The minimum absolute atomic E-state index is 0.450. The van der Waals surface area contributed by atoms with Crippen molar-refractivity contribution < 1.29 is 13.6 Å². The van der Waals surface area contributed by atoms with Gasteiger partial charge in [-0.2, -0.15) is 9.65 Å². The lowest BCUT2D eigenvalue weighted by Crippen LogP contribution is -2.34. The second kappa shape index (κ2) is 5.89. The van der Waals surface area contributed by atoms with Gasteiger partial charge in [0.05, 0.1) is 11.6 Å². The van der Waals surface area contributed by atoms with Gasteiger partial charge in [0.1, 0.15) is 6.04 Å². The molecule has 4 nitrogen and oxygen atoms in total. The second-order valence-electron chi connectivity index (χ2n) is 3.41. The van der Waals surface area contributed by atoms with E-state index in [9.17, 15) is 13.6 Å². The third-order valence-electron chi connectivity index (χ3n) is 2.13. The summed E-state index contributed by atoms with van der Waals surface area (Å²) in [4.78, 5) is 14.6. The molecule has 0 bridgehead atoms. The zero-order valence-corrected chi connectivity index (χ0v) is 9.20. The average Bonchev–Trinajstić information content (AvgIpc) is 2.31. The van der Waals surface area contributed by atoms with Crippen molar-refractivity contribution in [3.8, 4) is 6.07 Å². The standard InChI is InChI=1S/C11H11F2N3O/c1-2-3-7(6-14)16-11(17)8-4-5-15-10(13)9(8)12/h4-5,7H,2-3H2,1H3,(H,16,17). The molecule has 6 heteroatoms. The molecule has 1 unspecified atom stereocenters. The fourth-order valence-corrected chi connectivity index (χ4v) is 1.29. The molecule has 1 N–H and O–H groups in total. The number of hydrogen-bond acceptors (Lipinski definition) is 3. The fraction of sp³-hybridized carbons (Fsp3) is 0.364. The molecular formula is C11H11F2N3O. The van der Waals surface area contributed by atoms with E-state index in [1.807, 2.05) is 13.0 Å². The first-order valence-corrected chi connectivity index (χ1v) is 5.10. The Labute approximate surface area is 97.3 Å². The van der Waals surface area contributed by atoms with Crippen LogP contribution in [0.25, 0.3) is 0 Å². The Morgan fingerprint density at radius 1 is 1.65 bits per heavy atom. The van der Waals surface area contributed by atoms with Crippen molar-refractivity contribution in [3.63, 3.8) is 0 Å². The van der Waals surface area contributed by atoms with E-state index in [-0.39, 0.29) is 0 Å². The van der Waals surface area contributed by atoms with E-state index >= 15 is 0 Å². The maximum Gasteiger partial charge on any atom is 0.255 e. The molecule has 0 aliphatic heterocycles. The molecule has 1 amide bonds. The van der Waals surface area contributed by atoms with Crippen LogP contribution in [0.4, 0.5) is 8.78 Å². The highest BCUT2D eigenvalue weighted by Crippen LogP contribution is 2.09. The van der Waals surface area contributed by atoms with E-state index in [2.05, 4.69) is 10.3 Å². The Hall–Kier alpha value is -2.03. The molecule has 1 heterocycles. The minimum atomic E-state index is -1.33. The monoisotopic (exact) mass is 239 g/mol. The van der Waals surface area contributed by atoms with Crippen LogP contribution in [-0.4, -0.2) is 16.9 Å². The molecule has 0 saturated carbocycles. The highest BCUT2D eigenvalue weighted by atomic mass is 19.2. The van der Waals surface area contributed by atoms with Crippen molar-refractivity contribution in [1.82, 2.24) is 10.3 Å². The highest BCUT2D eigenvalue weighted by Gasteiger charge is 2.18. The Morgan fingerprint density at radius 2 is 2.35 bits per heavy atom. The predicted molar refractivity (Wildman–Crippen MR) is 55.9 cm³/mol. The van der Waals surface area contributed by atoms with Crippen molar-refractivity contribution in [2.45, 2.75) is 25.8 Å². The average molecular weight is 239 g/mol. The summed E-state index contributed by atoms with van der Waals surface area (Å²) in [6.07, 6.45) is 2.15. The van der Waals surface area contributed by atoms with Gasteiger partial charge in [0.15, 0.2) is 5.82 Å². The van der Waals surface area contributed by atoms with E-state index in [4.69, 9.17) is 5.26 Å². The van der Waals surface area contributed by atoms with Crippen LogP contribution in [0.3, 0.4) is 0 Å². The quantitative estimate of drug-likeness (QED) is 0.814. The second-order valence-corrected chi connectivity index (χ2v) is 3.41. The van der Waals surface area contributed by atoms with Gasteiger partial charge in [0, 0.05) is 6.20 Å². The van der Waals surface area contributed by atoms with Crippen LogP contribution in [0.1, 0.15) is 30.1 Å². The van der Waals surface area contributed by atoms with Crippen molar-refractivity contribution in [3.05, 3.63) is 29.6 Å². The molecule has 1 atom stereocenters. The largest absolute Gasteiger partial charge is 0.336 e. The first kappa shape index (κ1) is 13.0. The zero-order valence-electron chi connectivity index (χ0n) is 9.20. The molecule has 0 aromatic carbocycles. The molecule has 1 rings (SSSR count). The van der Waals surface area contributed by atoms with Gasteiger partial charge in [0.2, 0.25) is 5.95 Å². The number of pyridine rings is 1. The number of carbonyl (C=O) groups is 1. The molecule has 17 heavy (non-hydrogen) atoms. The van der Waals surface area contributed by atoms with Gasteiger partial charge in [-0.05, 0) is 12.5 Å². The number of nitrogens with one attached hydrogen (secondary N) is 1. The number of nitriles is 1. The van der Waals surface area contributed by atoms with Crippen LogP contribution >= 0.6 is 0 Å².